The van der Waals surface area contributed by atoms with Crippen molar-refractivity contribution >= 4 is 24.0 Å². The minimum Gasteiger partial charge on any atom is -0.352 e. The zero-order valence-electron chi connectivity index (χ0n) is 11.2. The number of rotatable bonds is 8. The maximum Gasteiger partial charge on any atom is 0.269 e. The molecule has 6 nitrogen and oxygen atoms in total. The normalized spacial score (nSPS) is 9.65. The first-order chi connectivity index (χ1) is 9.15. The Kier molecular flexibility index (Phi) is 9.32. The molecule has 0 spiro atoms. The number of hydrogen-bond acceptors (Lipinski definition) is 4. The minimum atomic E-state index is -0.487. The topological polar surface area (TPSA) is 98.3 Å². The first-order valence-electron chi connectivity index (χ1n) is 6.38. The number of nitro groups is 1. The summed E-state index contributed by atoms with van der Waals surface area (Å²) >= 11 is 0. The molecule has 0 bridgehead atoms. The van der Waals surface area contributed by atoms with E-state index in [-0.39, 0.29) is 24.0 Å². The summed E-state index contributed by atoms with van der Waals surface area (Å²) in [5.74, 6) is -0.200. The standard InChI is InChI=1S/C13H19N3O3.ClH/c14-9-3-1-2-4-10-15-13(17)11-5-7-12(8-6-11)16(18)19;/h5-8H,1-4,9-10,14H2,(H,15,17);1H. The molecular weight excluding hydrogens is 282 g/mol. The monoisotopic (exact) mass is 301 g/mol. The van der Waals surface area contributed by atoms with Gasteiger partial charge in [-0.25, -0.2) is 0 Å². The van der Waals surface area contributed by atoms with Crippen LogP contribution in [0.4, 0.5) is 5.69 Å². The number of nitrogens with zero attached hydrogens (tertiary/aromatic N) is 1. The van der Waals surface area contributed by atoms with Crippen LogP contribution in [0.15, 0.2) is 24.3 Å². The third kappa shape index (κ3) is 6.49. The highest BCUT2D eigenvalue weighted by Gasteiger charge is 2.08. The summed E-state index contributed by atoms with van der Waals surface area (Å²) in [6.45, 7) is 1.32. The van der Waals surface area contributed by atoms with Gasteiger partial charge in [0, 0.05) is 24.2 Å². The first-order valence-corrected chi connectivity index (χ1v) is 6.38. The summed E-state index contributed by atoms with van der Waals surface area (Å²) in [6.07, 6.45) is 4.04. The number of unbranched alkanes of at least 4 members (excludes halogenated alkanes) is 3. The van der Waals surface area contributed by atoms with Gasteiger partial charge in [0.1, 0.15) is 0 Å². The lowest BCUT2D eigenvalue weighted by Gasteiger charge is -2.05. The molecule has 20 heavy (non-hydrogen) atoms. The molecule has 7 heteroatoms. The molecule has 3 N–H and O–H groups in total. The van der Waals surface area contributed by atoms with Gasteiger partial charge in [-0.05, 0) is 31.5 Å². The van der Waals surface area contributed by atoms with Crippen LogP contribution < -0.4 is 11.1 Å². The van der Waals surface area contributed by atoms with Crippen molar-refractivity contribution in [2.75, 3.05) is 13.1 Å². The van der Waals surface area contributed by atoms with Crippen LogP contribution in [0.1, 0.15) is 36.0 Å². The van der Waals surface area contributed by atoms with Crippen molar-refractivity contribution in [1.29, 1.82) is 0 Å². The molecule has 0 radical (unpaired) electrons. The van der Waals surface area contributed by atoms with Crippen LogP contribution in [-0.2, 0) is 0 Å². The Labute approximate surface area is 124 Å². The Morgan fingerprint density at radius 1 is 1.15 bits per heavy atom. The van der Waals surface area contributed by atoms with Gasteiger partial charge in [0.2, 0.25) is 0 Å². The number of nitrogens with two attached hydrogens (primary N) is 1. The number of halogens is 1. The van der Waals surface area contributed by atoms with Crippen molar-refractivity contribution in [2.45, 2.75) is 25.7 Å². The molecular formula is C13H20ClN3O3. The highest BCUT2D eigenvalue weighted by atomic mass is 35.5. The van der Waals surface area contributed by atoms with Crippen molar-refractivity contribution in [3.8, 4) is 0 Å². The number of nitrogens with one attached hydrogen (secondary N) is 1. The van der Waals surface area contributed by atoms with Crippen molar-refractivity contribution in [1.82, 2.24) is 5.32 Å². The lowest BCUT2D eigenvalue weighted by atomic mass is 10.1. The van der Waals surface area contributed by atoms with Crippen LogP contribution in [0.3, 0.4) is 0 Å². The van der Waals surface area contributed by atoms with Crippen LogP contribution in [-0.4, -0.2) is 23.9 Å². The highest BCUT2D eigenvalue weighted by molar-refractivity contribution is 5.94. The number of non-ortho nitro benzene ring substituents is 1. The van der Waals surface area contributed by atoms with Gasteiger partial charge in [-0.15, -0.1) is 12.4 Å². The maximum atomic E-state index is 11.7. The molecule has 0 saturated carbocycles. The average Bonchev–Trinajstić information content (AvgIpc) is 2.42. The van der Waals surface area contributed by atoms with Crippen LogP contribution in [0, 0.1) is 10.1 Å². The van der Waals surface area contributed by atoms with E-state index in [0.29, 0.717) is 18.7 Å². The van der Waals surface area contributed by atoms with Crippen molar-refractivity contribution in [3.63, 3.8) is 0 Å². The predicted molar refractivity (Wildman–Crippen MR) is 80.2 cm³/mol. The molecule has 0 aliphatic rings. The Morgan fingerprint density at radius 3 is 2.30 bits per heavy atom. The van der Waals surface area contributed by atoms with Crippen molar-refractivity contribution in [3.05, 3.63) is 39.9 Å². The smallest absolute Gasteiger partial charge is 0.269 e. The van der Waals surface area contributed by atoms with Gasteiger partial charge in [-0.3, -0.25) is 14.9 Å². The fraction of sp³-hybridized carbons (Fsp3) is 0.462. The number of carbonyl (C=O) groups excluding carboxylic acids is 1. The number of amides is 1. The Hall–Kier alpha value is -1.66. The van der Waals surface area contributed by atoms with Crippen LogP contribution in [0.25, 0.3) is 0 Å². The zero-order chi connectivity index (χ0) is 14.1. The quantitative estimate of drug-likeness (QED) is 0.437. The van der Waals surface area contributed by atoms with Crippen LogP contribution >= 0.6 is 12.4 Å². The fourth-order valence-corrected chi connectivity index (χ4v) is 1.66. The third-order valence-corrected chi connectivity index (χ3v) is 2.76. The van der Waals surface area contributed by atoms with Gasteiger partial charge in [-0.1, -0.05) is 12.8 Å². The number of hydrogen-bond donors (Lipinski definition) is 2. The van der Waals surface area contributed by atoms with Crippen molar-refractivity contribution in [2.24, 2.45) is 5.73 Å². The molecule has 112 valence electrons. The zero-order valence-corrected chi connectivity index (χ0v) is 12.0. The minimum absolute atomic E-state index is 0. The summed E-state index contributed by atoms with van der Waals surface area (Å²) in [7, 11) is 0. The molecule has 0 atom stereocenters. The van der Waals surface area contributed by atoms with Gasteiger partial charge >= 0.3 is 0 Å². The van der Waals surface area contributed by atoms with E-state index in [1.807, 2.05) is 0 Å². The number of carbonyl (C=O) groups is 1. The molecule has 0 aliphatic carbocycles. The Balaban J connectivity index is 0.00000361. The fourth-order valence-electron chi connectivity index (χ4n) is 1.66. The molecule has 0 saturated heterocycles. The molecule has 0 aliphatic heterocycles. The van der Waals surface area contributed by atoms with Gasteiger partial charge in [-0.2, -0.15) is 0 Å². The number of benzene rings is 1. The summed E-state index contributed by atoms with van der Waals surface area (Å²) in [5.41, 5.74) is 5.81. The van der Waals surface area contributed by atoms with E-state index in [4.69, 9.17) is 5.73 Å². The molecule has 0 aromatic heterocycles. The second-order valence-corrected chi connectivity index (χ2v) is 4.26. The van der Waals surface area contributed by atoms with E-state index in [1.165, 1.54) is 24.3 Å². The van der Waals surface area contributed by atoms with E-state index in [0.717, 1.165) is 25.7 Å². The van der Waals surface area contributed by atoms with Crippen LogP contribution in [0.2, 0.25) is 0 Å². The average molecular weight is 302 g/mol. The van der Waals surface area contributed by atoms with E-state index < -0.39 is 4.92 Å². The predicted octanol–water partition coefficient (Wildman–Crippen LogP) is 2.27. The van der Waals surface area contributed by atoms with Crippen LogP contribution in [0.5, 0.6) is 0 Å². The number of nitro benzene ring substituents is 1. The molecule has 0 unspecified atom stereocenters. The second-order valence-electron chi connectivity index (χ2n) is 4.26. The summed E-state index contributed by atoms with van der Waals surface area (Å²) in [4.78, 5) is 21.7. The molecule has 1 aromatic carbocycles. The SMILES string of the molecule is Cl.NCCCCCCNC(=O)c1ccc([N+](=O)[O-])cc1. The summed E-state index contributed by atoms with van der Waals surface area (Å²) < 4.78 is 0. The third-order valence-electron chi connectivity index (χ3n) is 2.76. The van der Waals surface area contributed by atoms with Gasteiger partial charge in [0.05, 0.1) is 4.92 Å². The molecule has 1 aromatic rings. The summed E-state index contributed by atoms with van der Waals surface area (Å²) in [5, 5.41) is 13.3. The summed E-state index contributed by atoms with van der Waals surface area (Å²) in [6, 6.07) is 5.58. The Bertz CT molecular complexity index is 423. The maximum absolute atomic E-state index is 11.7. The lowest BCUT2D eigenvalue weighted by Crippen LogP contribution is -2.24. The largest absolute Gasteiger partial charge is 0.352 e. The van der Waals surface area contributed by atoms with E-state index in [1.54, 1.807) is 0 Å². The lowest BCUT2D eigenvalue weighted by molar-refractivity contribution is -0.384. The van der Waals surface area contributed by atoms with Gasteiger partial charge in [0.25, 0.3) is 11.6 Å². The molecule has 0 fully saturated rings. The van der Waals surface area contributed by atoms with Gasteiger partial charge < -0.3 is 11.1 Å². The van der Waals surface area contributed by atoms with E-state index >= 15 is 0 Å². The van der Waals surface area contributed by atoms with Gasteiger partial charge in [0.15, 0.2) is 0 Å². The van der Waals surface area contributed by atoms with Crippen molar-refractivity contribution < 1.29 is 9.72 Å². The molecule has 1 rings (SSSR count). The second kappa shape index (κ2) is 10.2. The first kappa shape index (κ1) is 18.3. The molecule has 0 heterocycles. The molecule has 1 amide bonds. The van der Waals surface area contributed by atoms with E-state index in [2.05, 4.69) is 5.32 Å². The van der Waals surface area contributed by atoms with E-state index in [9.17, 15) is 14.9 Å². The highest BCUT2D eigenvalue weighted by Crippen LogP contribution is 2.11. The Morgan fingerprint density at radius 2 is 1.75 bits per heavy atom.